The zero-order chi connectivity index (χ0) is 24.6. The van der Waals surface area contributed by atoms with Gasteiger partial charge in [-0.2, -0.15) is 0 Å². The SMILES string of the molecule is CN1C(=O)c2ccccc2N2C(=O)CCC12C(=O)OCc1ccc(C(=O)Nc2ccccc2)cc1. The number of ether oxygens (including phenoxy) is 1. The Kier molecular flexibility index (Phi) is 5.56. The van der Waals surface area contributed by atoms with Gasteiger partial charge in [0.25, 0.3) is 11.8 Å². The lowest BCUT2D eigenvalue weighted by Gasteiger charge is -2.46. The maximum atomic E-state index is 13.4. The third kappa shape index (κ3) is 3.73. The van der Waals surface area contributed by atoms with Crippen molar-refractivity contribution < 1.29 is 23.9 Å². The number of fused-ring (bicyclic) bond motifs is 3. The number of para-hydroxylation sites is 2. The molecule has 1 atom stereocenters. The van der Waals surface area contributed by atoms with Gasteiger partial charge in [-0.15, -0.1) is 0 Å². The highest BCUT2D eigenvalue weighted by Crippen LogP contribution is 2.44. The van der Waals surface area contributed by atoms with Crippen LogP contribution >= 0.6 is 0 Å². The third-order valence-electron chi connectivity index (χ3n) is 6.49. The third-order valence-corrected chi connectivity index (χ3v) is 6.49. The molecule has 2 aliphatic rings. The summed E-state index contributed by atoms with van der Waals surface area (Å²) in [5, 5.41) is 2.82. The fraction of sp³-hybridized carbons (Fsp3) is 0.185. The van der Waals surface area contributed by atoms with E-state index in [9.17, 15) is 19.2 Å². The molecule has 176 valence electrons. The number of benzene rings is 3. The van der Waals surface area contributed by atoms with Crippen LogP contribution in [0.2, 0.25) is 0 Å². The van der Waals surface area contributed by atoms with Crippen molar-refractivity contribution in [3.8, 4) is 0 Å². The lowest BCUT2D eigenvalue weighted by Crippen LogP contribution is -2.67. The van der Waals surface area contributed by atoms with Crippen LogP contribution in [0.4, 0.5) is 11.4 Å². The van der Waals surface area contributed by atoms with E-state index in [0.29, 0.717) is 28.1 Å². The van der Waals surface area contributed by atoms with Crippen molar-refractivity contribution >= 4 is 35.1 Å². The number of hydrogen-bond acceptors (Lipinski definition) is 5. The van der Waals surface area contributed by atoms with E-state index >= 15 is 0 Å². The van der Waals surface area contributed by atoms with Crippen LogP contribution in [0.1, 0.15) is 39.1 Å². The van der Waals surface area contributed by atoms with Gasteiger partial charge in [0.2, 0.25) is 11.6 Å². The summed E-state index contributed by atoms with van der Waals surface area (Å²) in [4.78, 5) is 54.3. The molecule has 1 fully saturated rings. The minimum Gasteiger partial charge on any atom is -0.458 e. The highest BCUT2D eigenvalue weighted by atomic mass is 16.5. The number of anilines is 2. The molecule has 3 aromatic carbocycles. The molecular formula is C27H23N3O5. The Morgan fingerprint density at radius 2 is 1.63 bits per heavy atom. The van der Waals surface area contributed by atoms with Gasteiger partial charge in [0.15, 0.2) is 0 Å². The van der Waals surface area contributed by atoms with Gasteiger partial charge in [0, 0.05) is 31.1 Å². The van der Waals surface area contributed by atoms with E-state index in [4.69, 9.17) is 4.74 Å². The highest BCUT2D eigenvalue weighted by Gasteiger charge is 2.60. The van der Waals surface area contributed by atoms with Crippen LogP contribution in [0.5, 0.6) is 0 Å². The average Bonchev–Trinajstić information content (AvgIpc) is 3.25. The predicted octanol–water partition coefficient (Wildman–Crippen LogP) is 3.59. The van der Waals surface area contributed by atoms with Crippen LogP contribution < -0.4 is 10.2 Å². The molecule has 8 heteroatoms. The van der Waals surface area contributed by atoms with Crippen LogP contribution in [0, 0.1) is 0 Å². The minimum atomic E-state index is -1.52. The first-order valence-corrected chi connectivity index (χ1v) is 11.2. The first-order chi connectivity index (χ1) is 16.9. The van der Waals surface area contributed by atoms with Crippen LogP contribution in [0.25, 0.3) is 0 Å². The molecule has 8 nitrogen and oxygen atoms in total. The second kappa shape index (κ2) is 8.72. The molecule has 0 radical (unpaired) electrons. The molecule has 0 aliphatic carbocycles. The Labute approximate surface area is 202 Å². The average molecular weight is 469 g/mol. The van der Waals surface area contributed by atoms with Crippen molar-refractivity contribution in [1.82, 2.24) is 4.90 Å². The Hall–Kier alpha value is -4.46. The zero-order valence-electron chi connectivity index (χ0n) is 19.1. The Balaban J connectivity index is 1.31. The number of esters is 1. The minimum absolute atomic E-state index is 0.0626. The van der Waals surface area contributed by atoms with Crippen LogP contribution in [0.3, 0.4) is 0 Å². The molecule has 0 bridgehead atoms. The molecular weight excluding hydrogens is 446 g/mol. The molecule has 3 aromatic rings. The molecule has 5 rings (SSSR count). The Bertz CT molecular complexity index is 1320. The lowest BCUT2D eigenvalue weighted by atomic mass is 9.97. The van der Waals surface area contributed by atoms with E-state index < -0.39 is 11.6 Å². The monoisotopic (exact) mass is 469 g/mol. The maximum Gasteiger partial charge on any atom is 0.354 e. The summed E-state index contributed by atoms with van der Waals surface area (Å²) in [6.45, 7) is -0.0626. The predicted molar refractivity (Wildman–Crippen MR) is 129 cm³/mol. The maximum absolute atomic E-state index is 13.4. The Morgan fingerprint density at radius 1 is 0.943 bits per heavy atom. The number of nitrogens with one attached hydrogen (secondary N) is 1. The first-order valence-electron chi connectivity index (χ1n) is 11.2. The van der Waals surface area contributed by atoms with E-state index in [-0.39, 0.29) is 37.2 Å². The van der Waals surface area contributed by atoms with E-state index in [1.807, 2.05) is 18.2 Å². The normalized spacial score (nSPS) is 18.7. The highest BCUT2D eigenvalue weighted by molar-refractivity contribution is 6.15. The molecule has 0 spiro atoms. The summed E-state index contributed by atoms with van der Waals surface area (Å²) in [5.74, 6) is -1.49. The van der Waals surface area contributed by atoms with Gasteiger partial charge in [0.05, 0.1) is 11.3 Å². The fourth-order valence-corrected chi connectivity index (χ4v) is 4.63. The molecule has 2 aliphatic heterocycles. The van der Waals surface area contributed by atoms with Crippen molar-refractivity contribution in [3.63, 3.8) is 0 Å². The summed E-state index contributed by atoms with van der Waals surface area (Å²) < 4.78 is 5.62. The van der Waals surface area contributed by atoms with Gasteiger partial charge in [-0.25, -0.2) is 4.79 Å². The first kappa shape index (κ1) is 22.3. The van der Waals surface area contributed by atoms with Gasteiger partial charge >= 0.3 is 5.97 Å². The topological polar surface area (TPSA) is 96.0 Å². The summed E-state index contributed by atoms with van der Waals surface area (Å²) in [6.07, 6.45) is 0.284. The number of nitrogens with zero attached hydrogens (tertiary/aromatic N) is 2. The summed E-state index contributed by atoms with van der Waals surface area (Å²) >= 11 is 0. The number of rotatable bonds is 5. The number of carbonyl (C=O) groups is 4. The summed E-state index contributed by atoms with van der Waals surface area (Å²) in [5.41, 5.74) is 1.11. The van der Waals surface area contributed by atoms with Gasteiger partial charge in [-0.1, -0.05) is 42.5 Å². The molecule has 0 saturated carbocycles. The quantitative estimate of drug-likeness (QED) is 0.576. The van der Waals surface area contributed by atoms with Gasteiger partial charge in [0.1, 0.15) is 6.61 Å². The second-order valence-electron chi connectivity index (χ2n) is 8.52. The summed E-state index contributed by atoms with van der Waals surface area (Å²) in [6, 6.07) is 22.6. The van der Waals surface area contributed by atoms with Gasteiger partial charge in [-0.3, -0.25) is 19.3 Å². The zero-order valence-corrected chi connectivity index (χ0v) is 19.1. The Morgan fingerprint density at radius 3 is 2.37 bits per heavy atom. The van der Waals surface area contributed by atoms with E-state index in [0.717, 1.165) is 0 Å². The van der Waals surface area contributed by atoms with Crippen molar-refractivity contribution in [3.05, 3.63) is 95.6 Å². The number of amides is 3. The van der Waals surface area contributed by atoms with Crippen LogP contribution in [0.15, 0.2) is 78.9 Å². The standard InChI is InChI=1S/C27H23N3O5/c1-29-25(33)21-9-5-6-10-22(21)30-23(31)15-16-27(29,30)26(34)35-17-18-11-13-19(14-12-18)24(32)28-20-7-3-2-4-8-20/h2-14H,15-17H2,1H3,(H,28,32). The smallest absolute Gasteiger partial charge is 0.354 e. The van der Waals surface area contributed by atoms with Crippen molar-refractivity contribution in [2.45, 2.75) is 25.1 Å². The fourth-order valence-electron chi connectivity index (χ4n) is 4.63. The van der Waals surface area contributed by atoms with Gasteiger partial charge < -0.3 is 15.0 Å². The lowest BCUT2D eigenvalue weighted by molar-refractivity contribution is -0.157. The molecule has 2 heterocycles. The van der Waals surface area contributed by atoms with Crippen LogP contribution in [-0.2, 0) is 20.9 Å². The molecule has 3 amide bonds. The number of carbonyl (C=O) groups excluding carboxylic acids is 4. The molecule has 0 aromatic heterocycles. The van der Waals surface area contributed by atoms with E-state index in [2.05, 4.69) is 5.32 Å². The molecule has 1 unspecified atom stereocenters. The molecule has 35 heavy (non-hydrogen) atoms. The van der Waals surface area contributed by atoms with Crippen molar-refractivity contribution in [2.75, 3.05) is 17.3 Å². The van der Waals surface area contributed by atoms with Gasteiger partial charge in [-0.05, 0) is 42.0 Å². The molecule has 1 N–H and O–H groups in total. The number of likely N-dealkylation sites (N-methyl/N-ethyl adjacent to an activating group) is 1. The number of hydrogen-bond donors (Lipinski definition) is 1. The van der Waals surface area contributed by atoms with Crippen molar-refractivity contribution in [2.24, 2.45) is 0 Å². The largest absolute Gasteiger partial charge is 0.458 e. The van der Waals surface area contributed by atoms with E-state index in [1.54, 1.807) is 60.7 Å². The van der Waals surface area contributed by atoms with Crippen molar-refractivity contribution in [1.29, 1.82) is 0 Å². The van der Waals surface area contributed by atoms with Crippen LogP contribution in [-0.4, -0.2) is 41.3 Å². The summed E-state index contributed by atoms with van der Waals surface area (Å²) in [7, 11) is 1.52. The molecule has 1 saturated heterocycles. The second-order valence-corrected chi connectivity index (χ2v) is 8.52. The van der Waals surface area contributed by atoms with E-state index in [1.165, 1.54) is 16.8 Å².